The molecule has 2 aromatic rings. The molecule has 0 spiro atoms. The van der Waals surface area contributed by atoms with Crippen molar-refractivity contribution in [3.05, 3.63) is 52.6 Å². The highest BCUT2D eigenvalue weighted by Crippen LogP contribution is 2.29. The molecule has 8 heteroatoms. The number of nitrogens with two attached hydrogens (primary N) is 1. The zero-order valence-electron chi connectivity index (χ0n) is 10.8. The first-order valence-corrected chi connectivity index (χ1v) is 7.60. The summed E-state index contributed by atoms with van der Waals surface area (Å²) in [6.45, 7) is 1.55. The highest BCUT2D eigenvalue weighted by molar-refractivity contribution is 7.92. The number of aryl methyl sites for hydroxylation is 1. The lowest BCUT2D eigenvalue weighted by molar-refractivity contribution is 0.582. The summed E-state index contributed by atoms with van der Waals surface area (Å²) in [5.74, 6) is -2.00. The molecule has 3 N–H and O–H groups in total. The van der Waals surface area contributed by atoms with Gasteiger partial charge in [-0.25, -0.2) is 17.2 Å². The summed E-state index contributed by atoms with van der Waals surface area (Å²) in [5, 5.41) is -0.371. The maximum absolute atomic E-state index is 13.7. The molecule has 2 rings (SSSR count). The molecule has 0 aliphatic carbocycles. The number of sulfonamides is 1. The van der Waals surface area contributed by atoms with E-state index in [2.05, 4.69) is 0 Å². The lowest BCUT2D eigenvalue weighted by Crippen LogP contribution is -2.16. The molecule has 0 saturated heterocycles. The summed E-state index contributed by atoms with van der Waals surface area (Å²) in [5.41, 5.74) is 5.84. The summed E-state index contributed by atoms with van der Waals surface area (Å²) in [7, 11) is -4.07. The van der Waals surface area contributed by atoms with E-state index in [4.69, 9.17) is 17.3 Å². The summed E-state index contributed by atoms with van der Waals surface area (Å²) < 4.78 is 53.1. The number of hydrogen-bond acceptors (Lipinski definition) is 3. The van der Waals surface area contributed by atoms with Gasteiger partial charge in [-0.3, -0.25) is 4.72 Å². The molecular formula is C13H11ClF2N2O2S. The normalized spacial score (nSPS) is 11.4. The van der Waals surface area contributed by atoms with Gasteiger partial charge in [0.2, 0.25) is 0 Å². The minimum atomic E-state index is -4.07. The Hall–Kier alpha value is -1.86. The van der Waals surface area contributed by atoms with Crippen LogP contribution in [0.15, 0.2) is 35.2 Å². The average molecular weight is 333 g/mol. The summed E-state index contributed by atoms with van der Waals surface area (Å²) >= 11 is 5.67. The fraction of sp³-hybridized carbons (Fsp3) is 0.0769. The predicted molar refractivity (Wildman–Crippen MR) is 77.8 cm³/mol. The van der Waals surface area contributed by atoms with Gasteiger partial charge in [0.25, 0.3) is 10.0 Å². The lowest BCUT2D eigenvalue weighted by Gasteiger charge is -2.12. The van der Waals surface area contributed by atoms with Crippen LogP contribution in [0.1, 0.15) is 5.56 Å². The molecule has 21 heavy (non-hydrogen) atoms. The molecule has 0 aliphatic rings. The zero-order valence-corrected chi connectivity index (χ0v) is 12.4. The van der Waals surface area contributed by atoms with E-state index >= 15 is 0 Å². The molecule has 0 unspecified atom stereocenters. The summed E-state index contributed by atoms with van der Waals surface area (Å²) in [6, 6.07) is 5.53. The Bertz CT molecular complexity index is 787. The molecule has 2 aromatic carbocycles. The molecule has 112 valence electrons. The molecule has 0 aromatic heterocycles. The smallest absolute Gasteiger partial charge is 0.262 e. The maximum atomic E-state index is 13.7. The monoisotopic (exact) mass is 332 g/mol. The SMILES string of the molecule is Cc1cc(N)ccc1S(=O)(=O)Nc1c(F)cc(F)cc1Cl. The van der Waals surface area contributed by atoms with Crippen LogP contribution >= 0.6 is 11.6 Å². The molecule has 0 bridgehead atoms. The van der Waals surface area contributed by atoms with E-state index in [0.717, 1.165) is 6.07 Å². The highest BCUT2D eigenvalue weighted by atomic mass is 35.5. The van der Waals surface area contributed by atoms with Gasteiger partial charge < -0.3 is 5.73 Å². The van der Waals surface area contributed by atoms with Crippen LogP contribution in [-0.4, -0.2) is 8.42 Å². The number of nitrogens with one attached hydrogen (secondary N) is 1. The van der Waals surface area contributed by atoms with Gasteiger partial charge in [-0.05, 0) is 36.8 Å². The van der Waals surface area contributed by atoms with E-state index in [0.29, 0.717) is 17.3 Å². The van der Waals surface area contributed by atoms with Gasteiger partial charge in [0.05, 0.1) is 9.92 Å². The molecule has 0 aliphatic heterocycles. The quantitative estimate of drug-likeness (QED) is 0.847. The molecule has 0 fully saturated rings. The summed E-state index contributed by atoms with van der Waals surface area (Å²) in [4.78, 5) is -0.0727. The van der Waals surface area contributed by atoms with E-state index in [9.17, 15) is 17.2 Å². The second kappa shape index (κ2) is 5.50. The first-order valence-electron chi connectivity index (χ1n) is 5.74. The molecule has 0 radical (unpaired) electrons. The van der Waals surface area contributed by atoms with Crippen molar-refractivity contribution in [1.29, 1.82) is 0 Å². The number of halogens is 3. The molecule has 0 atom stereocenters. The third-order valence-corrected chi connectivity index (χ3v) is 4.54. The van der Waals surface area contributed by atoms with Crippen molar-refractivity contribution in [2.24, 2.45) is 0 Å². The van der Waals surface area contributed by atoms with Gasteiger partial charge in [-0.2, -0.15) is 0 Å². The van der Waals surface area contributed by atoms with Crippen LogP contribution in [-0.2, 0) is 10.0 Å². The first-order chi connectivity index (χ1) is 9.70. The second-order valence-corrected chi connectivity index (χ2v) is 6.43. The fourth-order valence-corrected chi connectivity index (χ4v) is 3.42. The van der Waals surface area contributed by atoms with Crippen LogP contribution in [0.25, 0.3) is 0 Å². The zero-order chi connectivity index (χ0) is 15.8. The first kappa shape index (κ1) is 15.5. The van der Waals surface area contributed by atoms with Crippen molar-refractivity contribution in [3.8, 4) is 0 Å². The molecule has 0 saturated carbocycles. The molecule has 0 heterocycles. The minimum Gasteiger partial charge on any atom is -0.399 e. The van der Waals surface area contributed by atoms with Crippen LogP contribution in [0, 0.1) is 18.6 Å². The number of nitrogen functional groups attached to an aromatic ring is 1. The highest BCUT2D eigenvalue weighted by Gasteiger charge is 2.21. The van der Waals surface area contributed by atoms with Crippen LogP contribution < -0.4 is 10.5 Å². The Morgan fingerprint density at radius 2 is 1.86 bits per heavy atom. The van der Waals surface area contributed by atoms with Crippen LogP contribution in [0.5, 0.6) is 0 Å². The van der Waals surface area contributed by atoms with Gasteiger partial charge in [0.1, 0.15) is 11.5 Å². The van der Waals surface area contributed by atoms with Crippen molar-refractivity contribution in [3.63, 3.8) is 0 Å². The summed E-state index contributed by atoms with van der Waals surface area (Å²) in [6.07, 6.45) is 0. The van der Waals surface area contributed by atoms with Gasteiger partial charge in [-0.1, -0.05) is 11.6 Å². The predicted octanol–water partition coefficient (Wildman–Crippen LogP) is 3.31. The van der Waals surface area contributed by atoms with E-state index in [1.807, 2.05) is 4.72 Å². The Balaban J connectivity index is 2.47. The Morgan fingerprint density at radius 1 is 1.19 bits per heavy atom. The lowest BCUT2D eigenvalue weighted by atomic mass is 10.2. The third-order valence-electron chi connectivity index (χ3n) is 2.73. The molecular weight excluding hydrogens is 322 g/mol. The number of rotatable bonds is 3. The van der Waals surface area contributed by atoms with Crippen molar-refractivity contribution in [2.75, 3.05) is 10.5 Å². The minimum absolute atomic E-state index is 0.0727. The van der Waals surface area contributed by atoms with E-state index in [-0.39, 0.29) is 9.92 Å². The average Bonchev–Trinajstić information content (AvgIpc) is 2.33. The van der Waals surface area contributed by atoms with Gasteiger partial charge >= 0.3 is 0 Å². The van der Waals surface area contributed by atoms with Crippen LogP contribution in [0.4, 0.5) is 20.2 Å². The number of hydrogen-bond donors (Lipinski definition) is 2. The van der Waals surface area contributed by atoms with Gasteiger partial charge in [0, 0.05) is 11.8 Å². The largest absolute Gasteiger partial charge is 0.399 e. The van der Waals surface area contributed by atoms with E-state index in [1.54, 1.807) is 6.92 Å². The van der Waals surface area contributed by atoms with Crippen molar-refractivity contribution < 1.29 is 17.2 Å². The molecule has 4 nitrogen and oxygen atoms in total. The van der Waals surface area contributed by atoms with Crippen molar-refractivity contribution in [1.82, 2.24) is 0 Å². The number of anilines is 2. The van der Waals surface area contributed by atoms with E-state index < -0.39 is 27.3 Å². The van der Waals surface area contributed by atoms with Gasteiger partial charge in [-0.15, -0.1) is 0 Å². The van der Waals surface area contributed by atoms with Crippen LogP contribution in [0.3, 0.4) is 0 Å². The Morgan fingerprint density at radius 3 is 2.43 bits per heavy atom. The Kier molecular flexibility index (Phi) is 4.06. The van der Waals surface area contributed by atoms with Gasteiger partial charge in [0.15, 0.2) is 5.82 Å². The van der Waals surface area contributed by atoms with Crippen LogP contribution in [0.2, 0.25) is 5.02 Å². The van der Waals surface area contributed by atoms with E-state index in [1.165, 1.54) is 18.2 Å². The maximum Gasteiger partial charge on any atom is 0.262 e. The fourth-order valence-electron chi connectivity index (χ4n) is 1.80. The van der Waals surface area contributed by atoms with Crippen molar-refractivity contribution >= 4 is 33.0 Å². The number of benzene rings is 2. The Labute approximate surface area is 125 Å². The molecule has 0 amide bonds. The standard InChI is InChI=1S/C13H11ClF2N2O2S/c1-7-4-9(17)2-3-12(7)21(19,20)18-13-10(14)5-8(15)6-11(13)16/h2-6,18H,17H2,1H3. The van der Waals surface area contributed by atoms with Crippen molar-refractivity contribution in [2.45, 2.75) is 11.8 Å². The second-order valence-electron chi connectivity index (χ2n) is 4.37. The topological polar surface area (TPSA) is 72.2 Å². The third kappa shape index (κ3) is 3.25.